The lowest BCUT2D eigenvalue weighted by atomic mass is 10.1. The minimum absolute atomic E-state index is 0.0310. The molecule has 23 heavy (non-hydrogen) atoms. The monoisotopic (exact) mass is 334 g/mol. The SMILES string of the molecule is CCOC(=O)c1c(C)[nH]c(C(=O)N(C)[C@@H](C)c2cccs2)c1C. The number of carbonyl (C=O) groups is 2. The van der Waals surface area contributed by atoms with Crippen LogP contribution >= 0.6 is 11.3 Å². The number of hydrogen-bond donors (Lipinski definition) is 1. The highest BCUT2D eigenvalue weighted by atomic mass is 32.1. The predicted octanol–water partition coefficient (Wildman–Crippen LogP) is 3.70. The van der Waals surface area contributed by atoms with Gasteiger partial charge in [-0.1, -0.05) is 6.07 Å². The van der Waals surface area contributed by atoms with E-state index in [0.29, 0.717) is 29.1 Å². The van der Waals surface area contributed by atoms with Crippen LogP contribution in [0.4, 0.5) is 0 Å². The minimum atomic E-state index is -0.397. The molecule has 0 unspecified atom stereocenters. The zero-order valence-electron chi connectivity index (χ0n) is 14.1. The van der Waals surface area contributed by atoms with Gasteiger partial charge in [0.25, 0.3) is 5.91 Å². The number of aromatic amines is 1. The molecule has 0 fully saturated rings. The topological polar surface area (TPSA) is 62.4 Å². The smallest absolute Gasteiger partial charge is 0.340 e. The molecule has 2 rings (SSSR count). The average Bonchev–Trinajstić information content (AvgIpc) is 3.13. The van der Waals surface area contributed by atoms with Crippen LogP contribution in [0.1, 0.15) is 56.9 Å². The number of aromatic nitrogens is 1. The second-order valence-electron chi connectivity index (χ2n) is 5.45. The second-order valence-corrected chi connectivity index (χ2v) is 6.43. The van der Waals surface area contributed by atoms with Crippen molar-refractivity contribution in [2.24, 2.45) is 0 Å². The van der Waals surface area contributed by atoms with Crippen molar-refractivity contribution in [3.05, 3.63) is 44.9 Å². The average molecular weight is 334 g/mol. The molecular formula is C17H22N2O3S. The van der Waals surface area contributed by atoms with Crippen LogP contribution in [0.15, 0.2) is 17.5 Å². The van der Waals surface area contributed by atoms with E-state index in [1.807, 2.05) is 24.4 Å². The third-order valence-corrected chi connectivity index (χ3v) is 5.03. The van der Waals surface area contributed by atoms with E-state index in [1.165, 1.54) is 0 Å². The number of esters is 1. The quantitative estimate of drug-likeness (QED) is 0.848. The maximum absolute atomic E-state index is 12.8. The highest BCUT2D eigenvalue weighted by Gasteiger charge is 2.27. The summed E-state index contributed by atoms with van der Waals surface area (Å²) in [5.41, 5.74) is 2.18. The summed E-state index contributed by atoms with van der Waals surface area (Å²) in [4.78, 5) is 30.7. The summed E-state index contributed by atoms with van der Waals surface area (Å²) in [6.07, 6.45) is 0. The van der Waals surface area contributed by atoms with Gasteiger partial charge in [0.15, 0.2) is 0 Å². The Balaban J connectivity index is 2.29. The van der Waals surface area contributed by atoms with Gasteiger partial charge in [-0.2, -0.15) is 0 Å². The third-order valence-electron chi connectivity index (χ3n) is 3.99. The number of ether oxygens (including phenoxy) is 1. The Bertz CT molecular complexity index is 704. The van der Waals surface area contributed by atoms with Gasteiger partial charge >= 0.3 is 5.97 Å². The first kappa shape index (κ1) is 17.3. The molecule has 0 bridgehead atoms. The van der Waals surface area contributed by atoms with Crippen molar-refractivity contribution < 1.29 is 14.3 Å². The molecule has 0 saturated carbocycles. The first-order valence-electron chi connectivity index (χ1n) is 7.55. The number of nitrogens with zero attached hydrogens (tertiary/aromatic N) is 1. The largest absolute Gasteiger partial charge is 0.462 e. The van der Waals surface area contributed by atoms with Gasteiger partial charge in [-0.15, -0.1) is 11.3 Å². The number of rotatable bonds is 5. The fourth-order valence-corrected chi connectivity index (χ4v) is 3.37. The zero-order chi connectivity index (χ0) is 17.1. The Kier molecular flexibility index (Phi) is 5.26. The fraction of sp³-hybridized carbons (Fsp3) is 0.412. The van der Waals surface area contributed by atoms with Crippen molar-refractivity contribution in [2.75, 3.05) is 13.7 Å². The van der Waals surface area contributed by atoms with Crippen LogP contribution in [0.5, 0.6) is 0 Å². The molecule has 6 heteroatoms. The number of hydrogen-bond acceptors (Lipinski definition) is 4. The zero-order valence-corrected chi connectivity index (χ0v) is 14.9. The van der Waals surface area contributed by atoms with Crippen LogP contribution in [-0.4, -0.2) is 35.4 Å². The Labute approximate surface area is 140 Å². The lowest BCUT2D eigenvalue weighted by Crippen LogP contribution is -2.30. The van der Waals surface area contributed by atoms with Crippen LogP contribution in [0.2, 0.25) is 0 Å². The Morgan fingerprint density at radius 1 is 1.39 bits per heavy atom. The molecule has 0 aliphatic rings. The number of H-pyrrole nitrogens is 1. The third kappa shape index (κ3) is 3.32. The summed E-state index contributed by atoms with van der Waals surface area (Å²) < 4.78 is 5.07. The first-order valence-corrected chi connectivity index (χ1v) is 8.43. The summed E-state index contributed by atoms with van der Waals surface area (Å²) in [5, 5.41) is 1.99. The fourth-order valence-electron chi connectivity index (χ4n) is 2.55. The number of thiophene rings is 1. The molecule has 124 valence electrons. The van der Waals surface area contributed by atoms with E-state index in [-0.39, 0.29) is 11.9 Å². The van der Waals surface area contributed by atoms with E-state index in [9.17, 15) is 9.59 Å². The number of aryl methyl sites for hydroxylation is 1. The standard InChI is InChI=1S/C17H22N2O3S/c1-6-22-17(21)14-10(2)15(18-11(14)3)16(20)19(5)12(4)13-8-7-9-23-13/h7-9,12,18H,6H2,1-5H3/t12-/m0/s1. The molecule has 0 radical (unpaired) electrons. The minimum Gasteiger partial charge on any atom is -0.462 e. The van der Waals surface area contributed by atoms with E-state index < -0.39 is 5.97 Å². The molecule has 1 atom stereocenters. The van der Waals surface area contributed by atoms with E-state index in [2.05, 4.69) is 4.98 Å². The summed E-state index contributed by atoms with van der Waals surface area (Å²) in [5.74, 6) is -0.534. The highest BCUT2D eigenvalue weighted by Crippen LogP contribution is 2.26. The van der Waals surface area contributed by atoms with E-state index in [1.54, 1.807) is 44.1 Å². The van der Waals surface area contributed by atoms with Gasteiger partial charge in [0.2, 0.25) is 0 Å². The van der Waals surface area contributed by atoms with Crippen molar-refractivity contribution >= 4 is 23.2 Å². The summed E-state index contributed by atoms with van der Waals surface area (Å²) in [6.45, 7) is 7.60. The van der Waals surface area contributed by atoms with Gasteiger partial charge in [-0.25, -0.2) is 4.79 Å². The molecule has 2 aromatic rings. The predicted molar refractivity (Wildman–Crippen MR) is 91.1 cm³/mol. The molecule has 0 saturated heterocycles. The van der Waals surface area contributed by atoms with Crippen LogP contribution in [0.25, 0.3) is 0 Å². The van der Waals surface area contributed by atoms with Crippen LogP contribution < -0.4 is 0 Å². The normalized spacial score (nSPS) is 12.0. The molecule has 0 aliphatic carbocycles. The van der Waals surface area contributed by atoms with Crippen LogP contribution in [-0.2, 0) is 4.74 Å². The molecule has 0 aromatic carbocycles. The second kappa shape index (κ2) is 7.00. The van der Waals surface area contributed by atoms with Crippen molar-refractivity contribution in [1.82, 2.24) is 9.88 Å². The Morgan fingerprint density at radius 2 is 2.09 bits per heavy atom. The molecule has 0 spiro atoms. The lowest BCUT2D eigenvalue weighted by Gasteiger charge is -2.24. The molecule has 2 aromatic heterocycles. The molecular weight excluding hydrogens is 312 g/mol. The van der Waals surface area contributed by atoms with Gasteiger partial charge in [-0.3, -0.25) is 4.79 Å². The van der Waals surface area contributed by atoms with Crippen molar-refractivity contribution in [3.63, 3.8) is 0 Å². The van der Waals surface area contributed by atoms with Gasteiger partial charge < -0.3 is 14.6 Å². The molecule has 1 amide bonds. The summed E-state index contributed by atoms with van der Waals surface area (Å²) in [7, 11) is 1.77. The van der Waals surface area contributed by atoms with Crippen LogP contribution in [0.3, 0.4) is 0 Å². The van der Waals surface area contributed by atoms with Crippen molar-refractivity contribution in [3.8, 4) is 0 Å². The van der Waals surface area contributed by atoms with E-state index in [0.717, 1.165) is 4.88 Å². The summed E-state index contributed by atoms with van der Waals surface area (Å²) in [6, 6.07) is 3.95. The maximum atomic E-state index is 12.8. The van der Waals surface area contributed by atoms with E-state index in [4.69, 9.17) is 4.74 Å². The van der Waals surface area contributed by atoms with E-state index >= 15 is 0 Å². The number of nitrogens with one attached hydrogen (secondary N) is 1. The Hall–Kier alpha value is -2.08. The molecule has 1 N–H and O–H groups in total. The molecule has 0 aliphatic heterocycles. The van der Waals surface area contributed by atoms with Gasteiger partial charge in [0.1, 0.15) is 5.69 Å². The van der Waals surface area contributed by atoms with Gasteiger partial charge in [-0.05, 0) is 44.7 Å². The maximum Gasteiger partial charge on any atom is 0.340 e. The number of carbonyl (C=O) groups excluding carboxylic acids is 2. The van der Waals surface area contributed by atoms with Crippen molar-refractivity contribution in [1.29, 1.82) is 0 Å². The molecule has 2 heterocycles. The highest BCUT2D eigenvalue weighted by molar-refractivity contribution is 7.10. The van der Waals surface area contributed by atoms with Crippen molar-refractivity contribution in [2.45, 2.75) is 33.7 Å². The number of amides is 1. The lowest BCUT2D eigenvalue weighted by molar-refractivity contribution is 0.0525. The van der Waals surface area contributed by atoms with Gasteiger partial charge in [0.05, 0.1) is 18.2 Å². The summed E-state index contributed by atoms with van der Waals surface area (Å²) >= 11 is 1.62. The van der Waals surface area contributed by atoms with Gasteiger partial charge in [0, 0.05) is 17.6 Å². The first-order chi connectivity index (χ1) is 10.9. The molecule has 5 nitrogen and oxygen atoms in total. The van der Waals surface area contributed by atoms with Crippen LogP contribution in [0, 0.1) is 13.8 Å². The Morgan fingerprint density at radius 3 is 2.65 bits per heavy atom.